The van der Waals surface area contributed by atoms with Crippen molar-refractivity contribution >= 4 is 11.9 Å². The first-order valence-corrected chi connectivity index (χ1v) is 4.77. The summed E-state index contributed by atoms with van der Waals surface area (Å²) < 4.78 is 0. The van der Waals surface area contributed by atoms with E-state index in [0.29, 0.717) is 5.56 Å². The molecule has 0 fully saturated rings. The van der Waals surface area contributed by atoms with Crippen molar-refractivity contribution in [3.8, 4) is 0 Å². The van der Waals surface area contributed by atoms with Gasteiger partial charge in [-0.1, -0.05) is 0 Å². The lowest BCUT2D eigenvalue weighted by Crippen LogP contribution is -2.39. The Bertz CT molecular complexity index is 542. The van der Waals surface area contributed by atoms with Gasteiger partial charge in [-0.15, -0.1) is 0 Å². The number of carboxylic acids is 2. The van der Waals surface area contributed by atoms with Gasteiger partial charge in [0.15, 0.2) is 12.2 Å². The molecule has 0 bridgehead atoms. The van der Waals surface area contributed by atoms with Gasteiger partial charge < -0.3 is 25.4 Å². The predicted octanol–water partition coefficient (Wildman–Crippen LogP) is -2.75. The second-order valence-electron chi connectivity index (χ2n) is 3.32. The van der Waals surface area contributed by atoms with Crippen molar-refractivity contribution < 1.29 is 30.0 Å². The zero-order valence-corrected chi connectivity index (χ0v) is 9.65. The molecule has 0 saturated heterocycles. The monoisotopic (exact) mass is 276 g/mol. The second-order valence-corrected chi connectivity index (χ2v) is 3.32. The van der Waals surface area contributed by atoms with Gasteiger partial charge in [0, 0.05) is 11.8 Å². The van der Waals surface area contributed by atoms with Gasteiger partial charge in [-0.25, -0.2) is 14.4 Å². The van der Waals surface area contributed by atoms with E-state index < -0.39 is 29.8 Å². The fourth-order valence-electron chi connectivity index (χ4n) is 0.747. The first-order chi connectivity index (χ1) is 8.66. The number of aryl methyl sites for hydroxylation is 1. The Hall–Kier alpha value is -2.46. The summed E-state index contributed by atoms with van der Waals surface area (Å²) in [6.45, 7) is 1.62. The molecule has 0 aliphatic heterocycles. The van der Waals surface area contributed by atoms with E-state index in [2.05, 4.69) is 9.97 Å². The number of aromatic nitrogens is 2. The van der Waals surface area contributed by atoms with Crippen molar-refractivity contribution in [2.45, 2.75) is 19.1 Å². The van der Waals surface area contributed by atoms with E-state index in [1.165, 1.54) is 6.20 Å². The molecular formula is C9H12N2O8. The van der Waals surface area contributed by atoms with Gasteiger partial charge in [0.2, 0.25) is 0 Å². The van der Waals surface area contributed by atoms with Crippen LogP contribution in [-0.4, -0.2) is 54.5 Å². The third-order valence-electron chi connectivity index (χ3n) is 1.81. The van der Waals surface area contributed by atoms with E-state index in [4.69, 9.17) is 20.4 Å². The van der Waals surface area contributed by atoms with Gasteiger partial charge >= 0.3 is 17.6 Å². The summed E-state index contributed by atoms with van der Waals surface area (Å²) >= 11 is 0. The number of hydrogen-bond acceptors (Lipinski definition) is 6. The number of carbonyl (C=O) groups is 2. The van der Waals surface area contributed by atoms with Crippen molar-refractivity contribution in [3.05, 3.63) is 32.6 Å². The summed E-state index contributed by atoms with van der Waals surface area (Å²) in [5, 5.41) is 32.5. The van der Waals surface area contributed by atoms with E-state index in [-0.39, 0.29) is 5.56 Å². The maximum atomic E-state index is 10.6. The largest absolute Gasteiger partial charge is 0.479 e. The number of aliphatic hydroxyl groups excluding tert-OH is 2. The van der Waals surface area contributed by atoms with Crippen molar-refractivity contribution in [3.63, 3.8) is 0 Å². The third kappa shape index (κ3) is 5.61. The van der Waals surface area contributed by atoms with Crippen LogP contribution in [0.2, 0.25) is 0 Å². The number of aliphatic carboxylic acids is 2. The highest BCUT2D eigenvalue weighted by atomic mass is 16.4. The van der Waals surface area contributed by atoms with Gasteiger partial charge in [-0.3, -0.25) is 9.78 Å². The standard InChI is InChI=1S/C5H6N2O2.C4H6O6/c1-3-2-6-5(9)7-4(3)8;5-1(3(7)8)2(6)4(9)10/h2H,1H3,(H2,6,7,8,9);1-2,5-6H,(H,7,8)(H,9,10). The van der Waals surface area contributed by atoms with E-state index in [1.54, 1.807) is 6.92 Å². The van der Waals surface area contributed by atoms with E-state index in [1.807, 2.05) is 0 Å². The number of aromatic amines is 2. The summed E-state index contributed by atoms with van der Waals surface area (Å²) in [5.41, 5.74) is -0.293. The second kappa shape index (κ2) is 7.08. The van der Waals surface area contributed by atoms with Crippen LogP contribution in [0.1, 0.15) is 5.56 Å². The molecule has 6 N–H and O–H groups in total. The zero-order chi connectivity index (χ0) is 15.2. The quantitative estimate of drug-likeness (QED) is 0.343. The summed E-state index contributed by atoms with van der Waals surface area (Å²) in [7, 11) is 0. The minimum absolute atomic E-state index is 0.334. The zero-order valence-electron chi connectivity index (χ0n) is 9.65. The predicted molar refractivity (Wildman–Crippen MR) is 59.7 cm³/mol. The van der Waals surface area contributed by atoms with Crippen LogP contribution in [0.5, 0.6) is 0 Å². The van der Waals surface area contributed by atoms with Crippen LogP contribution >= 0.6 is 0 Å². The van der Waals surface area contributed by atoms with Crippen molar-refractivity contribution in [2.75, 3.05) is 0 Å². The average Bonchev–Trinajstić information content (AvgIpc) is 2.33. The van der Waals surface area contributed by atoms with E-state index in [9.17, 15) is 19.2 Å². The van der Waals surface area contributed by atoms with Crippen LogP contribution < -0.4 is 11.2 Å². The van der Waals surface area contributed by atoms with Crippen molar-refractivity contribution in [1.82, 2.24) is 9.97 Å². The van der Waals surface area contributed by atoms with Crippen LogP contribution in [0, 0.1) is 6.92 Å². The third-order valence-corrected chi connectivity index (χ3v) is 1.81. The van der Waals surface area contributed by atoms with E-state index in [0.717, 1.165) is 0 Å². The SMILES string of the molecule is Cc1c[nH]c(=O)[nH]c1=O.O=C(O)C(O)C(O)C(=O)O. The minimum atomic E-state index is -2.27. The molecular weight excluding hydrogens is 264 g/mol. The number of rotatable bonds is 3. The maximum Gasteiger partial charge on any atom is 0.335 e. The average molecular weight is 276 g/mol. The highest BCUT2D eigenvalue weighted by Gasteiger charge is 2.29. The molecule has 0 radical (unpaired) electrons. The maximum absolute atomic E-state index is 10.6. The minimum Gasteiger partial charge on any atom is -0.479 e. The Kier molecular flexibility index (Phi) is 6.16. The molecule has 0 amide bonds. The summed E-state index contributed by atoms with van der Waals surface area (Å²) in [5.74, 6) is -3.54. The van der Waals surface area contributed by atoms with Gasteiger partial charge in [0.05, 0.1) is 0 Å². The van der Waals surface area contributed by atoms with Crippen LogP contribution in [-0.2, 0) is 9.59 Å². The fourth-order valence-corrected chi connectivity index (χ4v) is 0.747. The molecule has 2 atom stereocenters. The number of aliphatic hydroxyl groups is 2. The molecule has 1 aromatic rings. The van der Waals surface area contributed by atoms with Crippen molar-refractivity contribution in [1.29, 1.82) is 0 Å². The lowest BCUT2D eigenvalue weighted by Gasteiger charge is -2.07. The first-order valence-electron chi connectivity index (χ1n) is 4.77. The molecule has 0 aliphatic rings. The molecule has 2 unspecified atom stereocenters. The first kappa shape index (κ1) is 16.5. The normalized spacial score (nSPS) is 12.8. The Labute approximate surface area is 105 Å². The molecule has 1 rings (SSSR count). The lowest BCUT2D eigenvalue weighted by molar-refractivity contribution is -0.165. The summed E-state index contributed by atoms with van der Waals surface area (Å²) in [6, 6.07) is 0. The van der Waals surface area contributed by atoms with Crippen molar-refractivity contribution in [2.24, 2.45) is 0 Å². The van der Waals surface area contributed by atoms with Gasteiger partial charge in [-0.2, -0.15) is 0 Å². The summed E-state index contributed by atoms with van der Waals surface area (Å²) in [4.78, 5) is 44.8. The number of carboxylic acid groups (broad SMARTS) is 2. The van der Waals surface area contributed by atoms with Crippen LogP contribution in [0.25, 0.3) is 0 Å². The smallest absolute Gasteiger partial charge is 0.335 e. The lowest BCUT2D eigenvalue weighted by atomic mass is 10.2. The molecule has 10 heteroatoms. The topological polar surface area (TPSA) is 181 Å². The van der Waals surface area contributed by atoms with E-state index >= 15 is 0 Å². The van der Waals surface area contributed by atoms with Crippen LogP contribution in [0.4, 0.5) is 0 Å². The highest BCUT2D eigenvalue weighted by Crippen LogP contribution is 1.92. The molecule has 1 heterocycles. The Morgan fingerprint density at radius 2 is 1.53 bits per heavy atom. The molecule has 10 nitrogen and oxygen atoms in total. The Balaban J connectivity index is 0.000000342. The molecule has 0 aromatic carbocycles. The number of hydrogen-bond donors (Lipinski definition) is 6. The molecule has 0 aliphatic carbocycles. The molecule has 0 saturated carbocycles. The molecule has 19 heavy (non-hydrogen) atoms. The summed E-state index contributed by atoms with van der Waals surface area (Å²) in [6.07, 6.45) is -3.16. The van der Waals surface area contributed by atoms with Crippen LogP contribution in [0.15, 0.2) is 15.8 Å². The molecule has 106 valence electrons. The highest BCUT2D eigenvalue weighted by molar-refractivity contribution is 5.83. The molecule has 1 aromatic heterocycles. The fraction of sp³-hybridized carbons (Fsp3) is 0.333. The Morgan fingerprint density at radius 3 is 1.79 bits per heavy atom. The molecule has 0 spiro atoms. The number of H-pyrrole nitrogens is 2. The van der Waals surface area contributed by atoms with Crippen LogP contribution in [0.3, 0.4) is 0 Å². The Morgan fingerprint density at radius 1 is 1.11 bits per heavy atom. The van der Waals surface area contributed by atoms with Gasteiger partial charge in [0.1, 0.15) is 0 Å². The van der Waals surface area contributed by atoms with Gasteiger partial charge in [-0.05, 0) is 6.92 Å². The number of nitrogens with one attached hydrogen (secondary N) is 2. The van der Waals surface area contributed by atoms with Gasteiger partial charge in [0.25, 0.3) is 5.56 Å².